The van der Waals surface area contributed by atoms with Gasteiger partial charge in [-0.25, -0.2) is 13.6 Å². The minimum atomic E-state index is -0.878. The average Bonchev–Trinajstić information content (AvgIpc) is 2.96. The van der Waals surface area contributed by atoms with Gasteiger partial charge in [0.25, 0.3) is 0 Å². The number of imide groups is 1. The van der Waals surface area contributed by atoms with Gasteiger partial charge < -0.3 is 15.1 Å². The molecule has 3 rings (SSSR count). The molecule has 8 nitrogen and oxygen atoms in total. The third kappa shape index (κ3) is 4.21. The summed E-state index contributed by atoms with van der Waals surface area (Å²) in [5, 5.41) is 2.37. The second kappa shape index (κ2) is 7.68. The number of likely N-dealkylation sites (tertiary alicyclic amines) is 1. The molecule has 2 aliphatic heterocycles. The number of amides is 5. The predicted octanol–water partition coefficient (Wildman–Crippen LogP) is 0.790. The van der Waals surface area contributed by atoms with Crippen LogP contribution in [0, 0.1) is 11.6 Å². The number of carbonyl (C=O) groups excluding carboxylic acids is 4. The number of hydrogen-bond acceptors (Lipinski definition) is 4. The van der Waals surface area contributed by atoms with Crippen molar-refractivity contribution >= 4 is 29.4 Å². The summed E-state index contributed by atoms with van der Waals surface area (Å²) in [7, 11) is 0. The van der Waals surface area contributed by atoms with E-state index in [1.807, 2.05) is 0 Å². The Morgan fingerprint density at radius 1 is 0.963 bits per heavy atom. The third-order valence-corrected chi connectivity index (χ3v) is 4.54. The van der Waals surface area contributed by atoms with E-state index < -0.39 is 17.7 Å². The van der Waals surface area contributed by atoms with Crippen molar-refractivity contribution in [3.05, 3.63) is 29.8 Å². The number of urea groups is 1. The van der Waals surface area contributed by atoms with Crippen LogP contribution in [0.5, 0.6) is 0 Å². The van der Waals surface area contributed by atoms with Gasteiger partial charge in [-0.15, -0.1) is 0 Å². The fourth-order valence-electron chi connectivity index (χ4n) is 2.98. The Morgan fingerprint density at radius 2 is 1.56 bits per heavy atom. The van der Waals surface area contributed by atoms with Crippen molar-refractivity contribution in [3.8, 4) is 0 Å². The van der Waals surface area contributed by atoms with Crippen molar-refractivity contribution in [2.75, 3.05) is 38.0 Å². The number of nitrogens with one attached hydrogen (secondary N) is 1. The van der Waals surface area contributed by atoms with E-state index >= 15 is 0 Å². The molecule has 0 aromatic heterocycles. The third-order valence-electron chi connectivity index (χ3n) is 4.54. The summed E-state index contributed by atoms with van der Waals surface area (Å²) in [6.45, 7) is 0.595. The standard InChI is InChI=1S/C17H18F2N4O4/c18-11-1-2-13(12(19)9-11)20-17(27)22-7-5-21(6-8-22)16(26)10-23-14(24)3-4-15(23)25/h1-2,9H,3-8,10H2,(H,20,27). The van der Waals surface area contributed by atoms with Crippen LogP contribution in [0.15, 0.2) is 18.2 Å². The van der Waals surface area contributed by atoms with Crippen molar-refractivity contribution in [2.45, 2.75) is 12.8 Å². The molecule has 0 bridgehead atoms. The van der Waals surface area contributed by atoms with Crippen molar-refractivity contribution < 1.29 is 28.0 Å². The Morgan fingerprint density at radius 3 is 2.15 bits per heavy atom. The van der Waals surface area contributed by atoms with E-state index in [0.717, 1.165) is 17.0 Å². The number of halogens is 2. The van der Waals surface area contributed by atoms with E-state index in [1.54, 1.807) is 0 Å². The fraction of sp³-hybridized carbons (Fsp3) is 0.412. The van der Waals surface area contributed by atoms with E-state index in [2.05, 4.69) is 5.32 Å². The highest BCUT2D eigenvalue weighted by atomic mass is 19.1. The molecule has 2 fully saturated rings. The first kappa shape index (κ1) is 18.7. The van der Waals surface area contributed by atoms with Crippen LogP contribution in [0.25, 0.3) is 0 Å². The van der Waals surface area contributed by atoms with Gasteiger partial charge in [-0.2, -0.15) is 0 Å². The highest BCUT2D eigenvalue weighted by molar-refractivity contribution is 6.04. The summed E-state index contributed by atoms with van der Waals surface area (Å²) in [6, 6.07) is 2.29. The SMILES string of the molecule is O=C(CN1C(=O)CCC1=O)N1CCN(C(=O)Nc2ccc(F)cc2F)CC1. The Kier molecular flexibility index (Phi) is 5.33. The molecule has 1 aromatic carbocycles. The van der Waals surface area contributed by atoms with Crippen LogP contribution in [0.2, 0.25) is 0 Å². The molecule has 0 atom stereocenters. The molecule has 5 amide bonds. The molecule has 0 aliphatic carbocycles. The van der Waals surface area contributed by atoms with Gasteiger partial charge in [0.1, 0.15) is 18.2 Å². The van der Waals surface area contributed by atoms with Crippen LogP contribution in [0.4, 0.5) is 19.3 Å². The van der Waals surface area contributed by atoms with Crippen molar-refractivity contribution in [3.63, 3.8) is 0 Å². The van der Waals surface area contributed by atoms with Crippen molar-refractivity contribution in [1.82, 2.24) is 14.7 Å². The maximum absolute atomic E-state index is 13.6. The molecule has 27 heavy (non-hydrogen) atoms. The molecule has 2 saturated heterocycles. The van der Waals surface area contributed by atoms with Crippen LogP contribution < -0.4 is 5.32 Å². The summed E-state index contributed by atoms with van der Waals surface area (Å²) in [5.74, 6) is -2.69. The zero-order chi connectivity index (χ0) is 19.6. The smallest absolute Gasteiger partial charge is 0.322 e. The largest absolute Gasteiger partial charge is 0.338 e. The molecule has 0 unspecified atom stereocenters. The Labute approximate surface area is 153 Å². The minimum Gasteiger partial charge on any atom is -0.338 e. The fourth-order valence-corrected chi connectivity index (χ4v) is 2.98. The molecule has 10 heteroatoms. The van der Waals surface area contributed by atoms with Crippen LogP contribution in [0.1, 0.15) is 12.8 Å². The minimum absolute atomic E-state index is 0.125. The molecular formula is C17H18F2N4O4. The monoisotopic (exact) mass is 380 g/mol. The Balaban J connectivity index is 1.50. The summed E-state index contributed by atoms with van der Waals surface area (Å²) in [4.78, 5) is 51.5. The zero-order valence-electron chi connectivity index (χ0n) is 14.4. The van der Waals surface area contributed by atoms with E-state index in [-0.39, 0.29) is 69.0 Å². The number of rotatable bonds is 3. The summed E-state index contributed by atoms with van der Waals surface area (Å²) in [6.07, 6.45) is 0.250. The molecule has 0 spiro atoms. The first-order valence-corrected chi connectivity index (χ1v) is 8.47. The number of carbonyl (C=O) groups is 4. The van der Waals surface area contributed by atoms with Gasteiger partial charge in [0.2, 0.25) is 17.7 Å². The molecule has 2 heterocycles. The van der Waals surface area contributed by atoms with E-state index in [9.17, 15) is 28.0 Å². The molecule has 0 radical (unpaired) electrons. The Bertz CT molecular complexity index is 777. The second-order valence-electron chi connectivity index (χ2n) is 6.30. The zero-order valence-corrected chi connectivity index (χ0v) is 14.4. The first-order chi connectivity index (χ1) is 12.8. The van der Waals surface area contributed by atoms with Gasteiger partial charge in [0.05, 0.1) is 5.69 Å². The maximum atomic E-state index is 13.6. The lowest BCUT2D eigenvalue weighted by atomic mass is 10.3. The van der Waals surface area contributed by atoms with Crippen molar-refractivity contribution in [1.29, 1.82) is 0 Å². The van der Waals surface area contributed by atoms with Gasteiger partial charge in [-0.3, -0.25) is 19.3 Å². The highest BCUT2D eigenvalue weighted by Gasteiger charge is 2.33. The van der Waals surface area contributed by atoms with Crippen LogP contribution in [-0.4, -0.2) is 71.2 Å². The molecule has 0 saturated carbocycles. The second-order valence-corrected chi connectivity index (χ2v) is 6.30. The van der Waals surface area contributed by atoms with Crippen LogP contribution in [-0.2, 0) is 14.4 Å². The number of hydrogen-bond donors (Lipinski definition) is 1. The summed E-state index contributed by atoms with van der Waals surface area (Å²) in [5.41, 5.74) is -0.133. The summed E-state index contributed by atoms with van der Waals surface area (Å²) >= 11 is 0. The quantitative estimate of drug-likeness (QED) is 0.785. The summed E-state index contributed by atoms with van der Waals surface area (Å²) < 4.78 is 26.5. The Hall–Kier alpha value is -3.04. The van der Waals surface area contributed by atoms with Crippen LogP contribution in [0.3, 0.4) is 0 Å². The van der Waals surface area contributed by atoms with Crippen LogP contribution >= 0.6 is 0 Å². The molecule has 1 aromatic rings. The van der Waals surface area contributed by atoms with Gasteiger partial charge in [0, 0.05) is 45.1 Å². The van der Waals surface area contributed by atoms with Gasteiger partial charge >= 0.3 is 6.03 Å². The number of benzene rings is 1. The number of anilines is 1. The lowest BCUT2D eigenvalue weighted by Gasteiger charge is -2.35. The van der Waals surface area contributed by atoms with Gasteiger partial charge in [-0.1, -0.05) is 0 Å². The first-order valence-electron chi connectivity index (χ1n) is 8.47. The lowest BCUT2D eigenvalue weighted by molar-refractivity contribution is -0.146. The van der Waals surface area contributed by atoms with Crippen molar-refractivity contribution in [2.24, 2.45) is 0 Å². The molecule has 1 N–H and O–H groups in total. The average molecular weight is 380 g/mol. The normalized spacial score (nSPS) is 17.5. The predicted molar refractivity (Wildman–Crippen MR) is 89.5 cm³/mol. The maximum Gasteiger partial charge on any atom is 0.322 e. The van der Waals surface area contributed by atoms with Gasteiger partial charge in [-0.05, 0) is 12.1 Å². The van der Waals surface area contributed by atoms with E-state index in [0.29, 0.717) is 6.07 Å². The number of nitrogens with zero attached hydrogens (tertiary/aromatic N) is 3. The van der Waals surface area contributed by atoms with Gasteiger partial charge in [0.15, 0.2) is 0 Å². The van der Waals surface area contributed by atoms with E-state index in [1.165, 1.54) is 9.80 Å². The molecule has 2 aliphatic rings. The highest BCUT2D eigenvalue weighted by Crippen LogP contribution is 2.16. The molecule has 144 valence electrons. The molecular weight excluding hydrogens is 362 g/mol. The lowest BCUT2D eigenvalue weighted by Crippen LogP contribution is -2.53. The topological polar surface area (TPSA) is 90.0 Å². The number of piperazine rings is 1. The van der Waals surface area contributed by atoms with E-state index in [4.69, 9.17) is 0 Å².